The van der Waals surface area contributed by atoms with E-state index in [2.05, 4.69) is 140 Å². The van der Waals surface area contributed by atoms with Gasteiger partial charge < -0.3 is 16.6 Å². The maximum Gasteiger partial charge on any atom is 0.0849 e. The summed E-state index contributed by atoms with van der Waals surface area (Å²) in [5.74, 6) is 5.31. The summed E-state index contributed by atoms with van der Waals surface area (Å²) in [6.07, 6.45) is 2.02. The number of hydrazone groups is 5. The second-order valence-electron chi connectivity index (χ2n) is 24.6. The van der Waals surface area contributed by atoms with E-state index in [0.29, 0.717) is 48.3 Å². The van der Waals surface area contributed by atoms with Crippen molar-refractivity contribution < 1.29 is 12.6 Å². The first kappa shape index (κ1) is 77.9. The van der Waals surface area contributed by atoms with Gasteiger partial charge in [-0.05, 0) is 264 Å². The van der Waals surface area contributed by atoms with Crippen molar-refractivity contribution in [1.29, 1.82) is 0 Å². The number of nitrogens with one attached hydrogen (secondary N) is 2. The molecule has 4 N–H and O–H groups in total. The summed E-state index contributed by atoms with van der Waals surface area (Å²) in [6.45, 7) is 45.9. The predicted molar refractivity (Wildman–Crippen MR) is 391 cm³/mol. The first-order valence-corrected chi connectivity index (χ1v) is 34.7. The first-order chi connectivity index (χ1) is 42.4. The average molecular weight is 1290 g/mol. The van der Waals surface area contributed by atoms with Gasteiger partial charge in [0.2, 0.25) is 0 Å². The molecule has 0 aromatic heterocycles. The smallest absolute Gasteiger partial charge is 0.0849 e. The molecule has 0 radical (unpaired) electrons. The van der Waals surface area contributed by atoms with Gasteiger partial charge in [-0.1, -0.05) is 80.2 Å². The highest BCUT2D eigenvalue weighted by molar-refractivity contribution is 7.85. The van der Waals surface area contributed by atoms with Crippen molar-refractivity contribution in [2.75, 3.05) is 0 Å². The van der Waals surface area contributed by atoms with Crippen molar-refractivity contribution in [2.24, 2.45) is 31.3 Å². The minimum absolute atomic E-state index is 0. The molecule has 6 rings (SSSR count). The van der Waals surface area contributed by atoms with Crippen LogP contribution in [0.4, 0.5) is 0 Å². The molecule has 2 atom stereocenters. The predicted octanol–water partition coefficient (Wildman–Crippen LogP) is 16.5. The Bertz CT molecular complexity index is 3280. The Kier molecular flexibility index (Phi) is 32.4. The third-order valence-electron chi connectivity index (χ3n) is 14.2. The van der Waals surface area contributed by atoms with Crippen LogP contribution in [0.2, 0.25) is 0 Å². The van der Waals surface area contributed by atoms with E-state index in [1.807, 2.05) is 200 Å². The molecule has 0 saturated carbocycles. The largest absolute Gasteiger partial charge is 0.388 e. The van der Waals surface area contributed by atoms with E-state index in [1.165, 1.54) is 0 Å². The van der Waals surface area contributed by atoms with Crippen LogP contribution in [-0.4, -0.2) is 105 Å². The Morgan fingerprint density at radius 2 is 0.571 bits per heavy atom. The second kappa shape index (κ2) is 37.9. The Balaban J connectivity index is 0.000000357. The summed E-state index contributed by atoms with van der Waals surface area (Å²) in [4.78, 5) is 4.66. The molecule has 0 spiro atoms. The highest BCUT2D eigenvalue weighted by atomic mass is 32.2. The summed E-state index contributed by atoms with van der Waals surface area (Å²) in [5, 5.41) is 32.0. The van der Waals surface area contributed by atoms with Gasteiger partial charge in [-0.3, -0.25) is 15.0 Å². The minimum atomic E-state index is -1.24. The van der Waals surface area contributed by atoms with Crippen molar-refractivity contribution in [3.05, 3.63) is 185 Å². The molecular formula is C74H107N11O3S3. The molecule has 0 saturated heterocycles. The number of nitrogens with zero attached hydrogens (tertiary/aromatic N) is 8. The standard InChI is InChI=1S/C28H42N4OS.C23H31N3OS.C22H30N4OS.CH4/c1-19(2)31(20(3)4)29-23(9)25-11-15-27(16-12-25)34(33)28-17-13-26(14-18-28)24(10)30-32(21(5)6)22(7)8;1-16(2)24-15-18(5)20-7-11-22(12-8-20)28(27)23-13-9-21(10-14-23)19(6)26-25-17(3)4;1-15(2)26(16(3)4)25-18(6)20-9-13-22(14-10-20)28(27)21-11-7-19(8-12-21)17(5)24-23;/h11-22H,1-10H3;7-17,24-25H,1-6H3;7-16H,23H2,1-6H3;1H4/b29-23-,30-24-;18-15-,26-19-;24-17-,25-18-;. The maximum atomic E-state index is 13.2. The topological polar surface area (TPSA) is 173 Å². The van der Waals surface area contributed by atoms with E-state index >= 15 is 0 Å². The Morgan fingerprint density at radius 3 is 0.780 bits per heavy atom. The molecule has 0 heterocycles. The summed E-state index contributed by atoms with van der Waals surface area (Å²) in [7, 11) is -3.68. The molecule has 0 amide bonds. The lowest BCUT2D eigenvalue weighted by Gasteiger charge is -2.28. The molecule has 0 fully saturated rings. The molecule has 91 heavy (non-hydrogen) atoms. The van der Waals surface area contributed by atoms with Crippen LogP contribution in [0.5, 0.6) is 0 Å². The van der Waals surface area contributed by atoms with Gasteiger partial charge in [0.1, 0.15) is 0 Å². The monoisotopic (exact) mass is 1290 g/mol. The summed E-state index contributed by atoms with van der Waals surface area (Å²) < 4.78 is 38.9. The van der Waals surface area contributed by atoms with E-state index < -0.39 is 32.4 Å². The van der Waals surface area contributed by atoms with E-state index in [1.54, 1.807) is 0 Å². The van der Waals surface area contributed by atoms with Crippen molar-refractivity contribution in [3.8, 4) is 0 Å². The van der Waals surface area contributed by atoms with Crippen LogP contribution in [0, 0.1) is 0 Å². The Labute approximate surface area is 555 Å². The van der Waals surface area contributed by atoms with Gasteiger partial charge in [0.05, 0.1) is 61.0 Å². The third kappa shape index (κ3) is 24.3. The van der Waals surface area contributed by atoms with Crippen LogP contribution in [-0.2, 0) is 32.4 Å². The van der Waals surface area contributed by atoms with Crippen LogP contribution < -0.4 is 16.6 Å². The van der Waals surface area contributed by atoms with Crippen LogP contribution in [0.15, 0.2) is 207 Å². The van der Waals surface area contributed by atoms with E-state index in [0.717, 1.165) is 96.9 Å². The highest BCUT2D eigenvalue weighted by Gasteiger charge is 2.17. The molecular weight excluding hydrogens is 1190 g/mol. The first-order valence-electron chi connectivity index (χ1n) is 31.3. The normalized spacial score (nSPS) is 13.6. The molecule has 2 unspecified atom stereocenters. The fourth-order valence-corrected chi connectivity index (χ4v) is 12.4. The molecule has 17 heteroatoms. The highest BCUT2D eigenvalue weighted by Crippen LogP contribution is 2.24. The zero-order chi connectivity index (χ0) is 67.1. The minimum Gasteiger partial charge on any atom is -0.388 e. The molecule has 0 aliphatic carbocycles. The summed E-state index contributed by atoms with van der Waals surface area (Å²) in [6, 6.07) is 49.3. The third-order valence-corrected chi connectivity index (χ3v) is 18.4. The quantitative estimate of drug-likeness (QED) is 0.0286. The van der Waals surface area contributed by atoms with Gasteiger partial charge in [0, 0.05) is 83.9 Å². The number of hydrogen-bond donors (Lipinski definition) is 3. The Morgan fingerprint density at radius 1 is 0.352 bits per heavy atom. The van der Waals surface area contributed by atoms with Gasteiger partial charge in [-0.2, -0.15) is 25.5 Å². The molecule has 0 aliphatic rings. The van der Waals surface area contributed by atoms with Crippen molar-refractivity contribution >= 4 is 66.5 Å². The molecule has 0 bridgehead atoms. The molecule has 6 aromatic carbocycles. The van der Waals surface area contributed by atoms with E-state index in [9.17, 15) is 12.6 Å². The van der Waals surface area contributed by atoms with Crippen molar-refractivity contribution in [1.82, 2.24) is 25.8 Å². The maximum absolute atomic E-state index is 13.2. The number of rotatable bonds is 25. The Hall–Kier alpha value is -7.34. The number of nitrogens with two attached hydrogens (primary N) is 1. The van der Waals surface area contributed by atoms with E-state index in [-0.39, 0.29) is 7.43 Å². The van der Waals surface area contributed by atoms with Crippen LogP contribution >= 0.6 is 0 Å². The van der Waals surface area contributed by atoms with Gasteiger partial charge in [-0.15, -0.1) is 0 Å². The second-order valence-corrected chi connectivity index (χ2v) is 29.0. The van der Waals surface area contributed by atoms with Gasteiger partial charge in [0.25, 0.3) is 0 Å². The lowest BCUT2D eigenvalue weighted by Crippen LogP contribution is -2.33. The molecule has 6 aromatic rings. The summed E-state index contributed by atoms with van der Waals surface area (Å²) >= 11 is 0. The van der Waals surface area contributed by atoms with Gasteiger partial charge in [0.15, 0.2) is 0 Å². The van der Waals surface area contributed by atoms with Crippen molar-refractivity contribution in [3.63, 3.8) is 0 Å². The molecule has 14 nitrogen and oxygen atoms in total. The van der Waals surface area contributed by atoms with Gasteiger partial charge >= 0.3 is 0 Å². The lowest BCUT2D eigenvalue weighted by atomic mass is 10.1. The number of allylic oxidation sites excluding steroid dienone is 1. The van der Waals surface area contributed by atoms with Crippen LogP contribution in [0.3, 0.4) is 0 Å². The SMILES string of the molecule is C.C/C(=C/NC(C)C)c1ccc(S(=O)c2ccc(/C(C)=N\NC(C)C)cc2)cc1.C/C(=N/N(C(C)C)C(C)C)c1ccc(S(=O)c2ccc(/C(C)=N\N(C(C)C)C(C)C)cc2)cc1.C/C(=N/N)c1ccc(S(=O)c2ccc(/C(C)=N\N(C(C)C)C(C)C)cc2)cc1. The average Bonchev–Trinajstić information content (AvgIpc) is 1.65. The summed E-state index contributed by atoms with van der Waals surface area (Å²) in [5.41, 5.74) is 14.9. The number of benzene rings is 6. The number of hydrogen-bond acceptors (Lipinski definition) is 14. The van der Waals surface area contributed by atoms with Crippen molar-refractivity contribution in [2.45, 2.75) is 237 Å². The zero-order valence-corrected chi connectivity index (χ0v) is 60.1. The zero-order valence-electron chi connectivity index (χ0n) is 57.7. The fraction of sp³-hybridized carbons (Fsp3) is 0.419. The molecule has 0 aliphatic heterocycles. The van der Waals surface area contributed by atoms with Crippen LogP contribution in [0.1, 0.15) is 193 Å². The van der Waals surface area contributed by atoms with Crippen LogP contribution in [0.25, 0.3) is 5.57 Å². The molecule has 494 valence electrons. The lowest BCUT2D eigenvalue weighted by molar-refractivity contribution is 0.183. The van der Waals surface area contributed by atoms with Gasteiger partial charge in [-0.25, -0.2) is 12.6 Å². The van der Waals surface area contributed by atoms with E-state index in [4.69, 9.17) is 21.1 Å². The fourth-order valence-electron chi connectivity index (χ4n) is 9.26.